The lowest BCUT2D eigenvalue weighted by atomic mass is 9.79. The standard InChI is InChI=1S/C8H11NO/c9-7-4-3-6(7)8-2-1-5-10-8/h1-2,5-7H,3-4,9H2. The highest BCUT2D eigenvalue weighted by molar-refractivity contribution is 5.12. The monoisotopic (exact) mass is 137 g/mol. The Kier molecular flexibility index (Phi) is 1.27. The second-order valence-corrected chi connectivity index (χ2v) is 2.86. The number of rotatable bonds is 1. The molecule has 2 atom stereocenters. The van der Waals surface area contributed by atoms with Crippen molar-refractivity contribution in [2.45, 2.75) is 24.8 Å². The van der Waals surface area contributed by atoms with Gasteiger partial charge in [0, 0.05) is 12.0 Å². The van der Waals surface area contributed by atoms with E-state index in [-0.39, 0.29) is 0 Å². The predicted octanol–water partition coefficient (Wildman–Crippen LogP) is 1.48. The van der Waals surface area contributed by atoms with Crippen LogP contribution in [0.25, 0.3) is 0 Å². The van der Waals surface area contributed by atoms with Crippen LogP contribution in [0.3, 0.4) is 0 Å². The summed E-state index contributed by atoms with van der Waals surface area (Å²) >= 11 is 0. The summed E-state index contributed by atoms with van der Waals surface area (Å²) in [6.07, 6.45) is 4.04. The molecule has 0 bridgehead atoms. The van der Waals surface area contributed by atoms with Crippen molar-refractivity contribution < 1.29 is 4.42 Å². The van der Waals surface area contributed by atoms with Crippen LogP contribution in [-0.2, 0) is 0 Å². The average molecular weight is 137 g/mol. The van der Waals surface area contributed by atoms with Gasteiger partial charge in [0.2, 0.25) is 0 Å². The molecule has 2 heteroatoms. The van der Waals surface area contributed by atoms with Gasteiger partial charge in [-0.25, -0.2) is 0 Å². The van der Waals surface area contributed by atoms with Crippen LogP contribution in [0.1, 0.15) is 24.5 Å². The van der Waals surface area contributed by atoms with Crippen molar-refractivity contribution in [3.63, 3.8) is 0 Å². The van der Waals surface area contributed by atoms with E-state index in [0.717, 1.165) is 12.2 Å². The predicted molar refractivity (Wildman–Crippen MR) is 38.7 cm³/mol. The van der Waals surface area contributed by atoms with Gasteiger partial charge in [-0.2, -0.15) is 0 Å². The van der Waals surface area contributed by atoms with Gasteiger partial charge in [-0.3, -0.25) is 0 Å². The van der Waals surface area contributed by atoms with E-state index in [2.05, 4.69) is 0 Å². The average Bonchev–Trinajstić information content (AvgIpc) is 2.37. The summed E-state index contributed by atoms with van der Waals surface area (Å²) in [7, 11) is 0. The van der Waals surface area contributed by atoms with Gasteiger partial charge in [0.25, 0.3) is 0 Å². The van der Waals surface area contributed by atoms with Gasteiger partial charge in [0.1, 0.15) is 5.76 Å². The van der Waals surface area contributed by atoms with Crippen molar-refractivity contribution in [1.82, 2.24) is 0 Å². The molecule has 0 saturated heterocycles. The maximum Gasteiger partial charge on any atom is 0.108 e. The number of furan rings is 1. The lowest BCUT2D eigenvalue weighted by Crippen LogP contribution is -2.37. The maximum atomic E-state index is 5.75. The smallest absolute Gasteiger partial charge is 0.108 e. The van der Waals surface area contributed by atoms with E-state index in [1.165, 1.54) is 6.42 Å². The Labute approximate surface area is 60.0 Å². The molecule has 0 aromatic carbocycles. The van der Waals surface area contributed by atoms with Gasteiger partial charge < -0.3 is 10.2 Å². The lowest BCUT2D eigenvalue weighted by Gasteiger charge is -2.31. The summed E-state index contributed by atoms with van der Waals surface area (Å²) in [5, 5.41) is 0. The van der Waals surface area contributed by atoms with E-state index < -0.39 is 0 Å². The molecule has 54 valence electrons. The molecule has 10 heavy (non-hydrogen) atoms. The van der Waals surface area contributed by atoms with Crippen molar-refractivity contribution in [2.24, 2.45) is 5.73 Å². The van der Waals surface area contributed by atoms with Gasteiger partial charge in [-0.05, 0) is 25.0 Å². The van der Waals surface area contributed by atoms with Gasteiger partial charge >= 0.3 is 0 Å². The molecular formula is C8H11NO. The van der Waals surface area contributed by atoms with Gasteiger partial charge in [-0.15, -0.1) is 0 Å². The van der Waals surface area contributed by atoms with Crippen LogP contribution < -0.4 is 5.73 Å². The molecule has 2 rings (SSSR count). The Morgan fingerprint density at radius 3 is 2.80 bits per heavy atom. The van der Waals surface area contributed by atoms with Crippen molar-refractivity contribution in [2.75, 3.05) is 0 Å². The summed E-state index contributed by atoms with van der Waals surface area (Å²) in [6, 6.07) is 4.26. The SMILES string of the molecule is NC1CCC1c1ccco1. The van der Waals surface area contributed by atoms with E-state index in [4.69, 9.17) is 10.2 Å². The van der Waals surface area contributed by atoms with Crippen LogP contribution in [-0.4, -0.2) is 6.04 Å². The molecule has 2 unspecified atom stereocenters. The second-order valence-electron chi connectivity index (χ2n) is 2.86. The summed E-state index contributed by atoms with van der Waals surface area (Å²) < 4.78 is 5.23. The third kappa shape index (κ3) is 0.762. The minimum absolute atomic E-state index is 0.339. The minimum Gasteiger partial charge on any atom is -0.469 e. The first kappa shape index (κ1) is 5.98. The number of hydrogen-bond donors (Lipinski definition) is 1. The molecule has 2 nitrogen and oxygen atoms in total. The summed E-state index contributed by atoms with van der Waals surface area (Å²) in [5.41, 5.74) is 5.75. The summed E-state index contributed by atoms with van der Waals surface area (Å²) in [4.78, 5) is 0. The van der Waals surface area contributed by atoms with E-state index in [9.17, 15) is 0 Å². The molecule has 1 aliphatic carbocycles. The Morgan fingerprint density at radius 2 is 2.40 bits per heavy atom. The van der Waals surface area contributed by atoms with Crippen LogP contribution in [0.5, 0.6) is 0 Å². The van der Waals surface area contributed by atoms with Crippen LogP contribution >= 0.6 is 0 Å². The van der Waals surface area contributed by atoms with E-state index in [1.807, 2.05) is 12.1 Å². The molecule has 1 aromatic rings. The van der Waals surface area contributed by atoms with Gasteiger partial charge in [0.05, 0.1) is 6.26 Å². The van der Waals surface area contributed by atoms with Gasteiger partial charge in [-0.1, -0.05) is 0 Å². The molecule has 0 spiro atoms. The largest absolute Gasteiger partial charge is 0.469 e. The molecule has 2 N–H and O–H groups in total. The molecule has 0 aliphatic heterocycles. The van der Waals surface area contributed by atoms with E-state index in [0.29, 0.717) is 12.0 Å². The highest BCUT2D eigenvalue weighted by Gasteiger charge is 2.30. The zero-order valence-corrected chi connectivity index (χ0v) is 5.79. The van der Waals surface area contributed by atoms with Crippen LogP contribution in [0.2, 0.25) is 0 Å². The third-order valence-electron chi connectivity index (χ3n) is 2.24. The van der Waals surface area contributed by atoms with Crippen molar-refractivity contribution in [3.8, 4) is 0 Å². The first-order valence-corrected chi connectivity index (χ1v) is 3.67. The molecule has 0 amide bonds. The molecular weight excluding hydrogens is 126 g/mol. The highest BCUT2D eigenvalue weighted by atomic mass is 16.3. The van der Waals surface area contributed by atoms with Crippen molar-refractivity contribution in [3.05, 3.63) is 24.2 Å². The molecule has 1 fully saturated rings. The first-order valence-electron chi connectivity index (χ1n) is 3.67. The molecule has 1 heterocycles. The van der Waals surface area contributed by atoms with Crippen LogP contribution in [0.15, 0.2) is 22.8 Å². The Morgan fingerprint density at radius 1 is 1.50 bits per heavy atom. The third-order valence-corrected chi connectivity index (χ3v) is 2.24. The normalized spacial score (nSPS) is 31.7. The zero-order chi connectivity index (χ0) is 6.97. The minimum atomic E-state index is 0.339. The molecule has 1 saturated carbocycles. The molecule has 0 radical (unpaired) electrons. The topological polar surface area (TPSA) is 39.2 Å². The fraction of sp³-hybridized carbons (Fsp3) is 0.500. The quantitative estimate of drug-likeness (QED) is 0.636. The van der Waals surface area contributed by atoms with Crippen molar-refractivity contribution in [1.29, 1.82) is 0 Å². The first-order chi connectivity index (χ1) is 4.88. The van der Waals surface area contributed by atoms with E-state index in [1.54, 1.807) is 6.26 Å². The Bertz CT molecular complexity index is 205. The van der Waals surface area contributed by atoms with E-state index >= 15 is 0 Å². The Hall–Kier alpha value is -0.760. The number of hydrogen-bond acceptors (Lipinski definition) is 2. The van der Waals surface area contributed by atoms with Crippen LogP contribution in [0, 0.1) is 0 Å². The highest BCUT2D eigenvalue weighted by Crippen LogP contribution is 2.35. The van der Waals surface area contributed by atoms with Crippen molar-refractivity contribution >= 4 is 0 Å². The molecule has 1 aromatic heterocycles. The van der Waals surface area contributed by atoms with Crippen LogP contribution in [0.4, 0.5) is 0 Å². The lowest BCUT2D eigenvalue weighted by molar-refractivity contribution is 0.297. The second kappa shape index (κ2) is 2.13. The maximum absolute atomic E-state index is 5.75. The summed E-state index contributed by atoms with van der Waals surface area (Å²) in [6.45, 7) is 0. The fourth-order valence-corrected chi connectivity index (χ4v) is 1.38. The fourth-order valence-electron chi connectivity index (χ4n) is 1.38. The van der Waals surface area contributed by atoms with Gasteiger partial charge in [0.15, 0.2) is 0 Å². The molecule has 1 aliphatic rings. The summed E-state index contributed by atoms with van der Waals surface area (Å²) in [5.74, 6) is 1.55. The zero-order valence-electron chi connectivity index (χ0n) is 5.79. The Balaban J connectivity index is 2.14. The number of nitrogens with two attached hydrogens (primary N) is 1.